The van der Waals surface area contributed by atoms with Crippen LogP contribution in [0.2, 0.25) is 0 Å². The number of benzene rings is 2. The van der Waals surface area contributed by atoms with Crippen molar-refractivity contribution in [2.75, 3.05) is 18.4 Å². The third-order valence-electron chi connectivity index (χ3n) is 5.77. The van der Waals surface area contributed by atoms with Gasteiger partial charge >= 0.3 is 0 Å². The molecule has 0 bridgehead atoms. The maximum Gasteiger partial charge on any atom is 0.254 e. The summed E-state index contributed by atoms with van der Waals surface area (Å²) < 4.78 is 0. The van der Waals surface area contributed by atoms with E-state index in [4.69, 9.17) is 5.73 Å². The van der Waals surface area contributed by atoms with Crippen LogP contribution in [0.1, 0.15) is 49.2 Å². The van der Waals surface area contributed by atoms with Crippen LogP contribution in [-0.2, 0) is 17.8 Å². The average Bonchev–Trinajstić information content (AvgIpc) is 2.84. The molecule has 2 amide bonds. The van der Waals surface area contributed by atoms with E-state index in [0.717, 1.165) is 28.9 Å². The number of amides is 2. The Morgan fingerprint density at radius 3 is 2.24 bits per heavy atom. The number of aromatic nitrogens is 1. The minimum Gasteiger partial charge on any atom is -0.334 e. The number of nitrogens with two attached hydrogens (primary N) is 1. The summed E-state index contributed by atoms with van der Waals surface area (Å²) in [4.78, 5) is 31.3. The van der Waals surface area contributed by atoms with Gasteiger partial charge in [-0.15, -0.1) is 0 Å². The number of nitrogens with zero attached hydrogens (tertiary/aromatic N) is 2. The maximum absolute atomic E-state index is 13.6. The summed E-state index contributed by atoms with van der Waals surface area (Å²) in [6, 6.07) is 19.4. The highest BCUT2D eigenvalue weighted by molar-refractivity contribution is 5.95. The molecule has 0 spiro atoms. The van der Waals surface area contributed by atoms with Crippen molar-refractivity contribution in [2.45, 2.75) is 40.7 Å². The number of anilines is 1. The van der Waals surface area contributed by atoms with Crippen LogP contribution in [0.3, 0.4) is 0 Å². The Balaban J connectivity index is 1.87. The van der Waals surface area contributed by atoms with Crippen molar-refractivity contribution in [1.29, 1.82) is 0 Å². The van der Waals surface area contributed by atoms with Crippen LogP contribution in [0.15, 0.2) is 66.9 Å². The zero-order valence-electron chi connectivity index (χ0n) is 20.5. The van der Waals surface area contributed by atoms with Crippen molar-refractivity contribution in [3.05, 3.63) is 83.6 Å². The van der Waals surface area contributed by atoms with Crippen LogP contribution < -0.4 is 11.1 Å². The Morgan fingerprint density at radius 2 is 1.65 bits per heavy atom. The van der Waals surface area contributed by atoms with Gasteiger partial charge in [-0.05, 0) is 53.8 Å². The van der Waals surface area contributed by atoms with E-state index in [9.17, 15) is 9.59 Å². The molecule has 3 rings (SSSR count). The molecular weight excluding hydrogens is 424 g/mol. The van der Waals surface area contributed by atoms with E-state index in [-0.39, 0.29) is 17.2 Å². The zero-order valence-corrected chi connectivity index (χ0v) is 20.5. The molecule has 0 saturated heterocycles. The molecule has 0 radical (unpaired) electrons. The van der Waals surface area contributed by atoms with Crippen LogP contribution in [0, 0.1) is 5.41 Å². The van der Waals surface area contributed by atoms with Gasteiger partial charge in [0.05, 0.1) is 5.69 Å². The molecule has 3 aromatic rings. The molecule has 6 heteroatoms. The molecule has 1 heterocycles. The summed E-state index contributed by atoms with van der Waals surface area (Å²) in [5.74, 6) is -0.187. The number of carbonyl (C=O) groups is 2. The normalized spacial score (nSPS) is 11.2. The minimum atomic E-state index is -0.238. The fourth-order valence-corrected chi connectivity index (χ4v) is 3.71. The topological polar surface area (TPSA) is 88.3 Å². The highest BCUT2D eigenvalue weighted by Gasteiger charge is 2.25. The number of pyridine rings is 1. The summed E-state index contributed by atoms with van der Waals surface area (Å²) in [7, 11) is 0. The highest BCUT2D eigenvalue weighted by Crippen LogP contribution is 2.23. The SMILES string of the molecule is CCc1ccc(-c2cc(C(=O)N(Cc3ccc(NC(C)=O)cc3)CC(C)(C)CN)ccn2)cc1. The lowest BCUT2D eigenvalue weighted by Gasteiger charge is -2.32. The van der Waals surface area contributed by atoms with Gasteiger partial charge in [-0.1, -0.05) is 57.2 Å². The second kappa shape index (κ2) is 11.1. The summed E-state index contributed by atoms with van der Waals surface area (Å²) in [6.45, 7) is 9.12. The largest absolute Gasteiger partial charge is 0.334 e. The monoisotopic (exact) mass is 458 g/mol. The third kappa shape index (κ3) is 6.75. The van der Waals surface area contributed by atoms with E-state index in [1.807, 2.05) is 47.4 Å². The minimum absolute atomic E-state index is 0.0682. The number of nitrogens with one attached hydrogen (secondary N) is 1. The summed E-state index contributed by atoms with van der Waals surface area (Å²) in [5.41, 5.74) is 11.0. The summed E-state index contributed by atoms with van der Waals surface area (Å²) in [5, 5.41) is 2.77. The molecule has 1 aromatic heterocycles. The van der Waals surface area contributed by atoms with Gasteiger partial charge in [0.2, 0.25) is 5.91 Å². The van der Waals surface area contributed by atoms with Crippen LogP contribution in [0.5, 0.6) is 0 Å². The molecule has 3 N–H and O–H groups in total. The molecule has 178 valence electrons. The van der Waals surface area contributed by atoms with E-state index < -0.39 is 0 Å². The smallest absolute Gasteiger partial charge is 0.254 e. The first-order valence-electron chi connectivity index (χ1n) is 11.6. The Labute approximate surface area is 202 Å². The molecule has 34 heavy (non-hydrogen) atoms. The predicted octanol–water partition coefficient (Wildman–Crippen LogP) is 4.90. The molecule has 6 nitrogen and oxygen atoms in total. The first-order chi connectivity index (χ1) is 16.2. The van der Waals surface area contributed by atoms with Crippen LogP contribution in [0.25, 0.3) is 11.3 Å². The van der Waals surface area contributed by atoms with E-state index in [1.54, 1.807) is 12.3 Å². The molecule has 0 fully saturated rings. The van der Waals surface area contributed by atoms with Crippen molar-refractivity contribution < 1.29 is 9.59 Å². The second-order valence-electron chi connectivity index (χ2n) is 9.39. The molecular formula is C28H34N4O2. The molecule has 0 aliphatic heterocycles. The van der Waals surface area contributed by atoms with Crippen LogP contribution in [0.4, 0.5) is 5.69 Å². The van der Waals surface area contributed by atoms with E-state index in [2.05, 4.69) is 43.2 Å². The van der Waals surface area contributed by atoms with Gasteiger partial charge in [-0.3, -0.25) is 14.6 Å². The first-order valence-corrected chi connectivity index (χ1v) is 11.6. The Morgan fingerprint density at radius 1 is 1.00 bits per heavy atom. The molecule has 0 atom stereocenters. The van der Waals surface area contributed by atoms with Gasteiger partial charge in [0.1, 0.15) is 0 Å². The standard InChI is InChI=1S/C28H34N4O2/c1-5-21-6-10-23(11-7-21)26-16-24(14-15-30-26)27(34)32(19-28(3,4)18-29)17-22-8-12-25(13-9-22)31-20(2)33/h6-16H,5,17-19,29H2,1-4H3,(H,31,33). The predicted molar refractivity (Wildman–Crippen MR) is 137 cm³/mol. The lowest BCUT2D eigenvalue weighted by atomic mass is 9.92. The van der Waals surface area contributed by atoms with Crippen molar-refractivity contribution in [2.24, 2.45) is 11.1 Å². The third-order valence-corrected chi connectivity index (χ3v) is 5.77. The van der Waals surface area contributed by atoms with E-state index in [1.165, 1.54) is 12.5 Å². The lowest BCUT2D eigenvalue weighted by molar-refractivity contribution is -0.114. The van der Waals surface area contributed by atoms with Crippen molar-refractivity contribution in [3.63, 3.8) is 0 Å². The van der Waals surface area contributed by atoms with Crippen LogP contribution in [-0.4, -0.2) is 34.8 Å². The van der Waals surface area contributed by atoms with Crippen LogP contribution >= 0.6 is 0 Å². The molecule has 0 aliphatic rings. The fraction of sp³-hybridized carbons (Fsp3) is 0.321. The van der Waals surface area contributed by atoms with E-state index >= 15 is 0 Å². The second-order valence-corrected chi connectivity index (χ2v) is 9.39. The number of aryl methyl sites for hydroxylation is 1. The van der Waals surface area contributed by atoms with Gasteiger partial charge in [0, 0.05) is 43.0 Å². The highest BCUT2D eigenvalue weighted by atomic mass is 16.2. The number of carbonyl (C=O) groups excluding carboxylic acids is 2. The Bertz CT molecular complexity index is 1120. The van der Waals surface area contributed by atoms with Crippen molar-refractivity contribution in [3.8, 4) is 11.3 Å². The Kier molecular flexibility index (Phi) is 8.18. The Hall–Kier alpha value is -3.51. The van der Waals surface area contributed by atoms with Gasteiger partial charge in [-0.25, -0.2) is 0 Å². The molecule has 0 saturated carbocycles. The van der Waals surface area contributed by atoms with Gasteiger partial charge in [0.25, 0.3) is 5.91 Å². The summed E-state index contributed by atoms with van der Waals surface area (Å²) in [6.07, 6.45) is 2.66. The fourth-order valence-electron chi connectivity index (χ4n) is 3.71. The van der Waals surface area contributed by atoms with Gasteiger partial charge < -0.3 is 16.0 Å². The number of rotatable bonds is 9. The number of hydrogen-bond donors (Lipinski definition) is 2. The summed E-state index contributed by atoms with van der Waals surface area (Å²) >= 11 is 0. The number of hydrogen-bond acceptors (Lipinski definition) is 4. The quantitative estimate of drug-likeness (QED) is 0.477. The zero-order chi connectivity index (χ0) is 24.7. The molecule has 2 aromatic carbocycles. The molecule has 0 aliphatic carbocycles. The molecule has 0 unspecified atom stereocenters. The van der Waals surface area contributed by atoms with Gasteiger partial charge in [0.15, 0.2) is 0 Å². The van der Waals surface area contributed by atoms with E-state index in [0.29, 0.717) is 25.2 Å². The van der Waals surface area contributed by atoms with Crippen molar-refractivity contribution >= 4 is 17.5 Å². The maximum atomic E-state index is 13.6. The first kappa shape index (κ1) is 25.1. The van der Waals surface area contributed by atoms with Crippen molar-refractivity contribution in [1.82, 2.24) is 9.88 Å². The average molecular weight is 459 g/mol. The lowest BCUT2D eigenvalue weighted by Crippen LogP contribution is -2.41. The van der Waals surface area contributed by atoms with Gasteiger partial charge in [-0.2, -0.15) is 0 Å².